The van der Waals surface area contributed by atoms with Gasteiger partial charge in [0.25, 0.3) is 0 Å². The van der Waals surface area contributed by atoms with Crippen molar-refractivity contribution >= 4 is 0 Å². The van der Waals surface area contributed by atoms with Gasteiger partial charge in [0.1, 0.15) is 0 Å². The highest BCUT2D eigenvalue weighted by atomic mass is 19.2. The van der Waals surface area contributed by atoms with E-state index in [4.69, 9.17) is 0 Å². The molecule has 1 aliphatic carbocycles. The van der Waals surface area contributed by atoms with E-state index < -0.39 is 11.6 Å². The van der Waals surface area contributed by atoms with Crippen molar-refractivity contribution in [2.45, 2.75) is 84.0 Å². The molecule has 2 heteroatoms. The number of unbranched alkanes of at least 4 members (excludes halogenated alkanes) is 2. The topological polar surface area (TPSA) is 0 Å². The van der Waals surface area contributed by atoms with Crippen LogP contribution in [0.15, 0.2) is 12.1 Å². The van der Waals surface area contributed by atoms with E-state index in [0.717, 1.165) is 50.9 Å². The predicted molar refractivity (Wildman–Crippen MR) is 89.2 cm³/mol. The van der Waals surface area contributed by atoms with Crippen molar-refractivity contribution in [2.75, 3.05) is 0 Å². The van der Waals surface area contributed by atoms with E-state index >= 15 is 0 Å². The normalized spacial score (nSPS) is 22.0. The molecule has 0 heterocycles. The minimum Gasteiger partial charge on any atom is -0.203 e. The van der Waals surface area contributed by atoms with Crippen LogP contribution in [0.4, 0.5) is 8.78 Å². The van der Waals surface area contributed by atoms with Gasteiger partial charge in [-0.2, -0.15) is 0 Å². The number of rotatable bonds is 7. The molecule has 1 aromatic rings. The van der Waals surface area contributed by atoms with Crippen LogP contribution in [-0.2, 0) is 6.42 Å². The quantitative estimate of drug-likeness (QED) is 0.487. The maximum atomic E-state index is 14.4. The second-order valence-electron chi connectivity index (χ2n) is 6.91. The van der Waals surface area contributed by atoms with Crippen molar-refractivity contribution in [1.29, 1.82) is 0 Å². The Bertz CT molecular complexity index is 459. The molecule has 0 spiro atoms. The van der Waals surface area contributed by atoms with E-state index in [1.165, 1.54) is 12.8 Å². The monoisotopic (exact) mass is 308 g/mol. The Balaban J connectivity index is 2.02. The summed E-state index contributed by atoms with van der Waals surface area (Å²) in [5.74, 6) is -0.160. The van der Waals surface area contributed by atoms with Gasteiger partial charge in [-0.05, 0) is 61.5 Å². The van der Waals surface area contributed by atoms with Crippen molar-refractivity contribution in [3.63, 3.8) is 0 Å². The number of hydrogen-bond donors (Lipinski definition) is 0. The number of hydrogen-bond acceptors (Lipinski definition) is 0. The van der Waals surface area contributed by atoms with Crippen molar-refractivity contribution in [2.24, 2.45) is 5.92 Å². The molecule has 1 saturated carbocycles. The fourth-order valence-electron chi connectivity index (χ4n) is 3.85. The Hall–Kier alpha value is -0.920. The van der Waals surface area contributed by atoms with Crippen molar-refractivity contribution in [3.05, 3.63) is 34.9 Å². The zero-order chi connectivity index (χ0) is 15.9. The van der Waals surface area contributed by atoms with Crippen molar-refractivity contribution in [3.8, 4) is 0 Å². The summed E-state index contributed by atoms with van der Waals surface area (Å²) in [5, 5.41) is 0. The van der Waals surface area contributed by atoms with Crippen LogP contribution in [-0.4, -0.2) is 0 Å². The minimum absolute atomic E-state index is 0.215. The van der Waals surface area contributed by atoms with E-state index in [0.29, 0.717) is 17.5 Å². The first-order chi connectivity index (χ1) is 10.7. The SMILES string of the molecule is CCCCCc1ccc(C2CCC(CCC)CC2)c(F)c1F. The molecule has 0 nitrogen and oxygen atoms in total. The predicted octanol–water partition coefficient (Wildman–Crippen LogP) is 6.77. The van der Waals surface area contributed by atoms with E-state index in [1.807, 2.05) is 12.1 Å². The van der Waals surface area contributed by atoms with Crippen molar-refractivity contribution in [1.82, 2.24) is 0 Å². The molecule has 22 heavy (non-hydrogen) atoms. The Morgan fingerprint density at radius 2 is 1.64 bits per heavy atom. The van der Waals surface area contributed by atoms with Crippen LogP contribution in [0.3, 0.4) is 0 Å². The maximum Gasteiger partial charge on any atom is 0.162 e. The standard InChI is InChI=1S/C20H30F2/c1-3-5-6-8-17-13-14-18(20(22)19(17)21)16-11-9-15(7-4-2)10-12-16/h13-16H,3-12H2,1-2H3. The number of aryl methyl sites for hydroxylation is 1. The Labute approximate surface area is 134 Å². The van der Waals surface area contributed by atoms with Gasteiger partial charge >= 0.3 is 0 Å². The molecule has 1 fully saturated rings. The molecule has 0 bridgehead atoms. The van der Waals surface area contributed by atoms with Gasteiger partial charge in [0.2, 0.25) is 0 Å². The van der Waals surface area contributed by atoms with Crippen LogP contribution < -0.4 is 0 Å². The summed E-state index contributed by atoms with van der Waals surface area (Å²) < 4.78 is 28.7. The lowest BCUT2D eigenvalue weighted by Gasteiger charge is -2.29. The molecule has 1 aliphatic rings. The Morgan fingerprint density at radius 3 is 2.27 bits per heavy atom. The summed E-state index contributed by atoms with van der Waals surface area (Å²) in [6.45, 7) is 4.34. The lowest BCUT2D eigenvalue weighted by molar-refractivity contribution is 0.302. The lowest BCUT2D eigenvalue weighted by Crippen LogP contribution is -2.15. The van der Waals surface area contributed by atoms with Gasteiger partial charge in [-0.1, -0.05) is 51.7 Å². The fourth-order valence-corrected chi connectivity index (χ4v) is 3.85. The average Bonchev–Trinajstić information content (AvgIpc) is 2.53. The second kappa shape index (κ2) is 8.64. The third-order valence-electron chi connectivity index (χ3n) is 5.23. The Kier molecular flexibility index (Phi) is 6.85. The molecule has 0 aromatic heterocycles. The van der Waals surface area contributed by atoms with Crippen LogP contribution in [0, 0.1) is 17.6 Å². The van der Waals surface area contributed by atoms with Crippen LogP contribution in [0.25, 0.3) is 0 Å². The van der Waals surface area contributed by atoms with Gasteiger partial charge in [-0.15, -0.1) is 0 Å². The molecule has 0 saturated heterocycles. The van der Waals surface area contributed by atoms with Gasteiger partial charge in [0.05, 0.1) is 0 Å². The van der Waals surface area contributed by atoms with E-state index in [-0.39, 0.29) is 5.92 Å². The lowest BCUT2D eigenvalue weighted by atomic mass is 9.77. The highest BCUT2D eigenvalue weighted by Gasteiger charge is 2.25. The van der Waals surface area contributed by atoms with Gasteiger partial charge < -0.3 is 0 Å². The van der Waals surface area contributed by atoms with E-state index in [9.17, 15) is 8.78 Å². The fraction of sp³-hybridized carbons (Fsp3) is 0.700. The highest BCUT2D eigenvalue weighted by Crippen LogP contribution is 2.39. The molecule has 0 radical (unpaired) electrons. The average molecular weight is 308 g/mol. The first kappa shape index (κ1) is 17.4. The maximum absolute atomic E-state index is 14.4. The molecule has 2 rings (SSSR count). The smallest absolute Gasteiger partial charge is 0.162 e. The second-order valence-corrected chi connectivity index (χ2v) is 6.91. The summed E-state index contributed by atoms with van der Waals surface area (Å²) in [6.07, 6.45) is 10.6. The summed E-state index contributed by atoms with van der Waals surface area (Å²) in [5.41, 5.74) is 1.17. The molecule has 1 aromatic carbocycles. The summed E-state index contributed by atoms with van der Waals surface area (Å²) in [7, 11) is 0. The number of benzene rings is 1. The highest BCUT2D eigenvalue weighted by molar-refractivity contribution is 5.29. The minimum atomic E-state index is -0.593. The third kappa shape index (κ3) is 4.30. The van der Waals surface area contributed by atoms with Crippen LogP contribution in [0.5, 0.6) is 0 Å². The molecule has 0 unspecified atom stereocenters. The number of halogens is 2. The zero-order valence-electron chi connectivity index (χ0n) is 14.1. The molecule has 0 amide bonds. The molecular weight excluding hydrogens is 278 g/mol. The van der Waals surface area contributed by atoms with Gasteiger partial charge in [-0.25, -0.2) is 8.78 Å². The molecule has 0 aliphatic heterocycles. The Morgan fingerprint density at radius 1 is 0.909 bits per heavy atom. The van der Waals surface area contributed by atoms with E-state index in [1.54, 1.807) is 0 Å². The van der Waals surface area contributed by atoms with Crippen LogP contribution in [0.1, 0.15) is 88.7 Å². The summed E-state index contributed by atoms with van der Waals surface area (Å²) in [6, 6.07) is 3.67. The van der Waals surface area contributed by atoms with Gasteiger partial charge in [-0.3, -0.25) is 0 Å². The van der Waals surface area contributed by atoms with Gasteiger partial charge in [0, 0.05) is 0 Å². The third-order valence-corrected chi connectivity index (χ3v) is 5.23. The van der Waals surface area contributed by atoms with Crippen LogP contribution >= 0.6 is 0 Å². The first-order valence-electron chi connectivity index (χ1n) is 9.14. The van der Waals surface area contributed by atoms with Gasteiger partial charge in [0.15, 0.2) is 11.6 Å². The van der Waals surface area contributed by atoms with E-state index in [2.05, 4.69) is 13.8 Å². The molecule has 124 valence electrons. The zero-order valence-corrected chi connectivity index (χ0v) is 14.1. The molecular formula is C20H30F2. The first-order valence-corrected chi connectivity index (χ1v) is 9.14. The largest absolute Gasteiger partial charge is 0.203 e. The van der Waals surface area contributed by atoms with Crippen molar-refractivity contribution < 1.29 is 8.78 Å². The summed E-state index contributed by atoms with van der Waals surface area (Å²) in [4.78, 5) is 0. The molecule has 0 N–H and O–H groups in total. The molecule has 0 atom stereocenters. The van der Waals surface area contributed by atoms with Crippen LogP contribution in [0.2, 0.25) is 0 Å². The summed E-state index contributed by atoms with van der Waals surface area (Å²) >= 11 is 0.